The minimum absolute atomic E-state index is 0.394. The highest BCUT2D eigenvalue weighted by atomic mass is 15.4. The summed E-state index contributed by atoms with van der Waals surface area (Å²) in [5.74, 6) is 0. The zero-order valence-electron chi connectivity index (χ0n) is 10.3. The minimum Gasteiger partial charge on any atom is -0.320 e. The molecule has 2 N–H and O–H groups in total. The van der Waals surface area contributed by atoms with E-state index < -0.39 is 5.54 Å². The normalized spacial score (nSPS) is 14.5. The van der Waals surface area contributed by atoms with E-state index in [1.807, 2.05) is 36.0 Å². The van der Waals surface area contributed by atoms with Gasteiger partial charge in [-0.05, 0) is 18.9 Å². The molecule has 17 heavy (non-hydrogen) atoms. The Morgan fingerprint density at radius 2 is 2.00 bits per heavy atom. The molecule has 1 unspecified atom stereocenters. The Morgan fingerprint density at radius 3 is 2.65 bits per heavy atom. The van der Waals surface area contributed by atoms with Gasteiger partial charge in [-0.1, -0.05) is 42.5 Å². The van der Waals surface area contributed by atoms with Crippen molar-refractivity contribution >= 4 is 0 Å². The van der Waals surface area contributed by atoms with E-state index in [0.29, 0.717) is 0 Å². The van der Waals surface area contributed by atoms with Crippen LogP contribution in [0.3, 0.4) is 0 Å². The van der Waals surface area contributed by atoms with Crippen LogP contribution >= 0.6 is 0 Å². The fraction of sp³-hybridized carbons (Fsp3) is 0.385. The van der Waals surface area contributed by atoms with Crippen LogP contribution in [0.25, 0.3) is 0 Å². The van der Waals surface area contributed by atoms with Gasteiger partial charge in [-0.2, -0.15) is 0 Å². The maximum Gasteiger partial charge on any atom is 0.102 e. The Bertz CT molecular complexity index is 473. The number of nitrogens with zero attached hydrogens (tertiary/aromatic N) is 3. The number of hydrogen-bond donors (Lipinski definition) is 1. The number of hydrogen-bond acceptors (Lipinski definition) is 3. The van der Waals surface area contributed by atoms with E-state index in [1.165, 1.54) is 5.56 Å². The fourth-order valence-electron chi connectivity index (χ4n) is 1.59. The van der Waals surface area contributed by atoms with Crippen LogP contribution in [0, 0.1) is 0 Å². The molecular weight excluding hydrogens is 212 g/mol. The molecule has 0 aliphatic rings. The Labute approximate surface area is 101 Å². The zero-order valence-corrected chi connectivity index (χ0v) is 10.3. The Hall–Kier alpha value is -1.68. The van der Waals surface area contributed by atoms with Gasteiger partial charge in [0.15, 0.2) is 0 Å². The zero-order chi connectivity index (χ0) is 12.3. The lowest BCUT2D eigenvalue weighted by Crippen LogP contribution is -2.32. The fourth-order valence-corrected chi connectivity index (χ4v) is 1.59. The SMILES string of the molecule is CCC(C)(N)c1cn(Cc2ccccc2)nn1. The number of nitrogens with two attached hydrogens (primary N) is 1. The first-order chi connectivity index (χ1) is 8.12. The first-order valence-electron chi connectivity index (χ1n) is 5.85. The van der Waals surface area contributed by atoms with Gasteiger partial charge < -0.3 is 5.73 Å². The van der Waals surface area contributed by atoms with Crippen molar-refractivity contribution in [2.24, 2.45) is 5.73 Å². The molecule has 0 saturated heterocycles. The van der Waals surface area contributed by atoms with E-state index in [9.17, 15) is 0 Å². The molecule has 0 fully saturated rings. The van der Waals surface area contributed by atoms with Crippen LogP contribution in [0.15, 0.2) is 36.5 Å². The highest BCUT2D eigenvalue weighted by molar-refractivity contribution is 5.15. The van der Waals surface area contributed by atoms with Gasteiger partial charge in [0, 0.05) is 0 Å². The minimum atomic E-state index is -0.394. The predicted octanol–water partition coefficient (Wildman–Crippen LogP) is 1.91. The molecule has 0 radical (unpaired) electrons. The lowest BCUT2D eigenvalue weighted by molar-refractivity contribution is 0.461. The van der Waals surface area contributed by atoms with Gasteiger partial charge >= 0.3 is 0 Å². The van der Waals surface area contributed by atoms with Crippen molar-refractivity contribution in [2.45, 2.75) is 32.4 Å². The van der Waals surface area contributed by atoms with E-state index in [-0.39, 0.29) is 0 Å². The third-order valence-electron chi connectivity index (χ3n) is 3.05. The molecule has 0 amide bonds. The molecule has 4 nitrogen and oxygen atoms in total. The van der Waals surface area contributed by atoms with Crippen LogP contribution in [-0.2, 0) is 12.1 Å². The van der Waals surface area contributed by atoms with Crippen LogP contribution in [-0.4, -0.2) is 15.0 Å². The van der Waals surface area contributed by atoms with Crippen LogP contribution in [0.1, 0.15) is 31.5 Å². The molecule has 4 heteroatoms. The van der Waals surface area contributed by atoms with E-state index >= 15 is 0 Å². The second kappa shape index (κ2) is 4.67. The summed E-state index contributed by atoms with van der Waals surface area (Å²) >= 11 is 0. The van der Waals surface area contributed by atoms with Crippen molar-refractivity contribution in [2.75, 3.05) is 0 Å². The Morgan fingerprint density at radius 1 is 1.29 bits per heavy atom. The molecule has 1 aromatic carbocycles. The maximum absolute atomic E-state index is 6.13. The molecule has 2 aromatic rings. The first-order valence-corrected chi connectivity index (χ1v) is 5.85. The quantitative estimate of drug-likeness (QED) is 0.873. The third-order valence-corrected chi connectivity index (χ3v) is 3.05. The average molecular weight is 230 g/mol. The molecule has 0 aliphatic heterocycles. The molecule has 2 rings (SSSR count). The number of benzene rings is 1. The second-order valence-electron chi connectivity index (χ2n) is 4.56. The van der Waals surface area contributed by atoms with Gasteiger partial charge in [-0.3, -0.25) is 0 Å². The monoisotopic (exact) mass is 230 g/mol. The van der Waals surface area contributed by atoms with Crippen molar-refractivity contribution in [1.82, 2.24) is 15.0 Å². The molecule has 1 heterocycles. The Balaban J connectivity index is 2.14. The molecule has 0 saturated carbocycles. The summed E-state index contributed by atoms with van der Waals surface area (Å²) in [5.41, 5.74) is 7.79. The van der Waals surface area contributed by atoms with E-state index in [0.717, 1.165) is 18.7 Å². The summed E-state index contributed by atoms with van der Waals surface area (Å²) in [7, 11) is 0. The van der Waals surface area contributed by atoms with Crippen molar-refractivity contribution in [3.05, 3.63) is 47.8 Å². The molecule has 1 atom stereocenters. The molecule has 1 aromatic heterocycles. The van der Waals surface area contributed by atoms with Crippen LogP contribution in [0.4, 0.5) is 0 Å². The molecule has 0 bridgehead atoms. The van der Waals surface area contributed by atoms with Crippen LogP contribution < -0.4 is 5.73 Å². The average Bonchev–Trinajstić information content (AvgIpc) is 2.80. The van der Waals surface area contributed by atoms with Crippen molar-refractivity contribution in [3.8, 4) is 0 Å². The second-order valence-corrected chi connectivity index (χ2v) is 4.56. The predicted molar refractivity (Wildman–Crippen MR) is 67.4 cm³/mol. The summed E-state index contributed by atoms with van der Waals surface area (Å²) in [6, 6.07) is 10.2. The topological polar surface area (TPSA) is 56.7 Å². The first kappa shape index (κ1) is 11.8. The lowest BCUT2D eigenvalue weighted by Gasteiger charge is -2.18. The van der Waals surface area contributed by atoms with Gasteiger partial charge in [0.05, 0.1) is 18.3 Å². The summed E-state index contributed by atoms with van der Waals surface area (Å²) < 4.78 is 1.82. The number of rotatable bonds is 4. The van der Waals surface area contributed by atoms with E-state index in [2.05, 4.69) is 29.4 Å². The summed E-state index contributed by atoms with van der Waals surface area (Å²) in [5, 5.41) is 8.26. The third kappa shape index (κ3) is 2.71. The molecular formula is C13H18N4. The van der Waals surface area contributed by atoms with Gasteiger partial charge in [-0.25, -0.2) is 4.68 Å². The van der Waals surface area contributed by atoms with E-state index in [4.69, 9.17) is 5.73 Å². The van der Waals surface area contributed by atoms with Gasteiger partial charge in [0.1, 0.15) is 5.69 Å². The highest BCUT2D eigenvalue weighted by Crippen LogP contribution is 2.18. The van der Waals surface area contributed by atoms with E-state index in [1.54, 1.807) is 0 Å². The summed E-state index contributed by atoms with van der Waals surface area (Å²) in [6.45, 7) is 4.76. The van der Waals surface area contributed by atoms with Crippen molar-refractivity contribution in [3.63, 3.8) is 0 Å². The standard InChI is InChI=1S/C13H18N4/c1-3-13(2,14)12-10-17(16-15-12)9-11-7-5-4-6-8-11/h4-8,10H,3,9,14H2,1-2H3. The Kier molecular flexibility index (Phi) is 3.24. The smallest absolute Gasteiger partial charge is 0.102 e. The molecule has 90 valence electrons. The molecule has 0 spiro atoms. The highest BCUT2D eigenvalue weighted by Gasteiger charge is 2.22. The number of aromatic nitrogens is 3. The van der Waals surface area contributed by atoms with Crippen molar-refractivity contribution in [1.29, 1.82) is 0 Å². The lowest BCUT2D eigenvalue weighted by atomic mass is 9.97. The van der Waals surface area contributed by atoms with Gasteiger partial charge in [0.25, 0.3) is 0 Å². The van der Waals surface area contributed by atoms with Gasteiger partial charge in [-0.15, -0.1) is 5.10 Å². The molecule has 0 aliphatic carbocycles. The van der Waals surface area contributed by atoms with Crippen LogP contribution in [0.2, 0.25) is 0 Å². The summed E-state index contributed by atoms with van der Waals surface area (Å²) in [4.78, 5) is 0. The van der Waals surface area contributed by atoms with Gasteiger partial charge in [0.2, 0.25) is 0 Å². The van der Waals surface area contributed by atoms with Crippen molar-refractivity contribution < 1.29 is 0 Å². The largest absolute Gasteiger partial charge is 0.320 e. The van der Waals surface area contributed by atoms with Crippen LogP contribution in [0.5, 0.6) is 0 Å². The maximum atomic E-state index is 6.13. The summed E-state index contributed by atoms with van der Waals surface area (Å²) in [6.07, 6.45) is 2.77.